The van der Waals surface area contributed by atoms with Gasteiger partial charge in [-0.1, -0.05) is 30.4 Å². The second-order valence-corrected chi connectivity index (χ2v) is 22.9. The first-order chi connectivity index (χ1) is 33.0. The van der Waals surface area contributed by atoms with Crippen LogP contribution in [0.25, 0.3) is 0 Å². The molecule has 0 fully saturated rings. The minimum absolute atomic E-state index is 0.0134. The fourth-order valence-electron chi connectivity index (χ4n) is 8.78. The van der Waals surface area contributed by atoms with E-state index in [-0.39, 0.29) is 64.3 Å². The van der Waals surface area contributed by atoms with Crippen molar-refractivity contribution in [3.63, 3.8) is 0 Å². The number of benzene rings is 3. The molecule has 2 aliphatic heterocycles. The molecule has 388 valence electrons. The minimum Gasteiger partial charge on any atom is -0.748 e. The maximum Gasteiger partial charge on any atom is 0.311 e. The Bertz CT molecular complexity index is 3130. The van der Waals surface area contributed by atoms with Gasteiger partial charge in [-0.25, -0.2) is 42.5 Å². The Balaban J connectivity index is 1.46. The molecule has 2 aliphatic rings. The van der Waals surface area contributed by atoms with Gasteiger partial charge in [0.1, 0.15) is 26.8 Å². The van der Waals surface area contributed by atoms with Gasteiger partial charge in [0.05, 0.1) is 42.0 Å². The van der Waals surface area contributed by atoms with Crippen molar-refractivity contribution >= 4 is 63.5 Å². The minimum atomic E-state index is -4.98. The van der Waals surface area contributed by atoms with Crippen molar-refractivity contribution in [2.75, 3.05) is 43.2 Å². The summed E-state index contributed by atoms with van der Waals surface area (Å²) < 4.78 is 209. The maximum absolute atomic E-state index is 14.1. The summed E-state index contributed by atoms with van der Waals surface area (Å²) >= 11 is 0. The molecule has 0 saturated heterocycles. The van der Waals surface area contributed by atoms with Crippen LogP contribution < -0.4 is 9.64 Å². The third-order valence-electron chi connectivity index (χ3n) is 12.2. The van der Waals surface area contributed by atoms with Crippen LogP contribution in [0.3, 0.4) is 0 Å². The normalized spacial score (nSPS) is 19.3. The lowest BCUT2D eigenvalue weighted by molar-refractivity contribution is -0.438. The molecular weight excluding hydrogens is 1020 g/mol. The number of anilines is 1. The quantitative estimate of drug-likeness (QED) is 0.0141. The van der Waals surface area contributed by atoms with E-state index in [2.05, 4.69) is 4.74 Å². The van der Waals surface area contributed by atoms with Crippen LogP contribution in [0.15, 0.2) is 100 Å². The van der Waals surface area contributed by atoms with Gasteiger partial charge in [-0.3, -0.25) is 4.79 Å². The molecule has 0 aromatic heterocycles. The number of carbonyl (C=O) groups excluding carboxylic acids is 1. The van der Waals surface area contributed by atoms with Crippen LogP contribution >= 0.6 is 0 Å². The van der Waals surface area contributed by atoms with Gasteiger partial charge >= 0.3 is 5.97 Å². The van der Waals surface area contributed by atoms with Crippen LogP contribution in [-0.2, 0) is 60.8 Å². The lowest BCUT2D eigenvalue weighted by Crippen LogP contribution is -2.32. The first-order valence-electron chi connectivity index (χ1n) is 21.8. The van der Waals surface area contributed by atoms with Crippen molar-refractivity contribution in [3.8, 4) is 5.75 Å². The molecule has 25 heteroatoms. The molecule has 71 heavy (non-hydrogen) atoms. The molecule has 3 aromatic rings. The molecule has 0 aliphatic carbocycles. The number of carbonyl (C=O) groups is 1. The highest BCUT2D eigenvalue weighted by Gasteiger charge is 2.48. The van der Waals surface area contributed by atoms with Crippen molar-refractivity contribution in [2.45, 2.75) is 85.8 Å². The van der Waals surface area contributed by atoms with Crippen LogP contribution in [-0.4, -0.2) is 106 Å². The van der Waals surface area contributed by atoms with E-state index in [1.165, 1.54) is 31.4 Å². The molecule has 2 atom stereocenters. The van der Waals surface area contributed by atoms with Crippen molar-refractivity contribution < 1.29 is 88.3 Å². The van der Waals surface area contributed by atoms with E-state index < -0.39 is 114 Å². The number of hydrogen-bond donors (Lipinski definition) is 0. The summed E-state index contributed by atoms with van der Waals surface area (Å²) in [6, 6.07) is 7.51. The first kappa shape index (κ1) is 56.8. The predicted octanol–water partition coefficient (Wildman–Crippen LogP) is 6.20. The van der Waals surface area contributed by atoms with Crippen LogP contribution in [0.2, 0.25) is 0 Å². The number of nitrogens with zero attached hydrogens (tertiary/aromatic N) is 2. The number of methoxy groups -OCH3 is 1. The van der Waals surface area contributed by atoms with E-state index in [1.807, 2.05) is 4.90 Å². The molecular formula is C46H49F4N2O15S4-3. The van der Waals surface area contributed by atoms with E-state index in [0.29, 0.717) is 40.3 Å². The molecule has 3 aromatic carbocycles. The number of unbranched alkanes of at least 4 members (excludes halogenated alkanes) is 2. The SMILES string of the molecule is COCCN1/C(=C/C=C/C=C/C=C/C2=[N+](CCCCCC(=O)Oc3c(F)c(F)cc(F)c3F)c3ccc(S(=O)(=O)[O-])cc3C2(C)CCCS(=O)(=O)[O-])C(C)(CCCS(=O)(=O)[O-])c2cc(S(=O)(=O)[O-])ccc21. The molecule has 17 nitrogen and oxygen atoms in total. The fourth-order valence-corrected chi connectivity index (χ4v) is 10.8. The average molecular weight is 1070 g/mol. The summed E-state index contributed by atoms with van der Waals surface area (Å²) in [5.74, 6) is -11.5. The zero-order valence-electron chi connectivity index (χ0n) is 38.4. The van der Waals surface area contributed by atoms with Gasteiger partial charge in [0.2, 0.25) is 23.1 Å². The monoisotopic (exact) mass is 1070 g/mol. The zero-order valence-corrected chi connectivity index (χ0v) is 41.7. The molecule has 2 unspecified atom stereocenters. The van der Waals surface area contributed by atoms with Crippen molar-refractivity contribution in [1.29, 1.82) is 0 Å². The Morgan fingerprint density at radius 3 is 1.82 bits per heavy atom. The van der Waals surface area contributed by atoms with Gasteiger partial charge in [-0.05, 0) is 94.3 Å². The molecule has 0 amide bonds. The predicted molar refractivity (Wildman–Crippen MR) is 246 cm³/mol. The molecule has 0 saturated carbocycles. The van der Waals surface area contributed by atoms with Gasteiger partial charge < -0.3 is 32.6 Å². The summed E-state index contributed by atoms with van der Waals surface area (Å²) in [5, 5.41) is 0. The molecule has 0 N–H and O–H groups in total. The molecule has 0 radical (unpaired) electrons. The highest BCUT2D eigenvalue weighted by Crippen LogP contribution is 2.51. The summed E-state index contributed by atoms with van der Waals surface area (Å²) in [7, 11) is -17.7. The van der Waals surface area contributed by atoms with Crippen LogP contribution in [0.5, 0.6) is 5.75 Å². The van der Waals surface area contributed by atoms with Gasteiger partial charge in [-0.15, -0.1) is 0 Å². The standard InChI is InChI=1S/C46H52F4N2O15S4/c1-45(21-12-26-68(54,55)56)33-28-31(70(60,61)62)17-19-37(33)51(23-11-7-10-16-41(53)67-44-42(49)35(47)30-36(48)43(44)50)39(45)14-8-5-4-6-9-15-40-46(2,22-13-27-69(57,58)59)34-29-32(71(63,64)65)18-20-38(34)52(40)24-25-66-3/h4-6,8-9,14-15,17-20,28-30H,7,10-13,16,21-27H2,1-3H3,(H3-,54,55,56,57,58,59,60,61,62,63,64,65)/p-3. The Labute approximate surface area is 409 Å². The van der Waals surface area contributed by atoms with Gasteiger partial charge in [0.25, 0.3) is 0 Å². The molecule has 5 rings (SSSR count). The summed E-state index contributed by atoms with van der Waals surface area (Å²) in [4.78, 5) is 13.2. The molecule has 0 bridgehead atoms. The lowest BCUT2D eigenvalue weighted by atomic mass is 9.76. The fraction of sp³-hybridized carbons (Fsp3) is 0.391. The summed E-state index contributed by atoms with van der Waals surface area (Å²) in [6.45, 7) is 4.04. The van der Waals surface area contributed by atoms with E-state index in [9.17, 15) is 74.2 Å². The van der Waals surface area contributed by atoms with Crippen LogP contribution in [0.1, 0.15) is 76.3 Å². The van der Waals surface area contributed by atoms with Gasteiger partial charge in [-0.2, -0.15) is 13.4 Å². The molecule has 2 heterocycles. The number of hydrogen-bond acceptors (Lipinski definition) is 16. The lowest BCUT2D eigenvalue weighted by Gasteiger charge is -2.30. The Kier molecular flexibility index (Phi) is 18.2. The van der Waals surface area contributed by atoms with Crippen LogP contribution in [0, 0.1) is 23.3 Å². The second kappa shape index (κ2) is 22.7. The number of ether oxygens (including phenoxy) is 2. The van der Waals surface area contributed by atoms with E-state index in [1.54, 1.807) is 61.0 Å². The Hall–Kier alpha value is -5.12. The van der Waals surface area contributed by atoms with Gasteiger partial charge in [0, 0.05) is 78.6 Å². The third-order valence-corrected chi connectivity index (χ3v) is 15.4. The topological polar surface area (TPSA) is 271 Å². The Morgan fingerprint density at radius 1 is 0.690 bits per heavy atom. The van der Waals surface area contributed by atoms with E-state index >= 15 is 0 Å². The number of halogens is 4. The number of allylic oxidation sites excluding steroid dienone is 8. The second-order valence-electron chi connectivity index (χ2n) is 17.1. The Morgan fingerprint density at radius 2 is 1.24 bits per heavy atom. The average Bonchev–Trinajstić information content (AvgIpc) is 3.63. The third kappa shape index (κ3) is 14.1. The molecule has 0 spiro atoms. The first-order valence-corrected chi connectivity index (χ1v) is 27.7. The zero-order chi connectivity index (χ0) is 52.7. The number of fused-ring (bicyclic) bond motifs is 2. The largest absolute Gasteiger partial charge is 0.748 e. The highest BCUT2D eigenvalue weighted by molar-refractivity contribution is 7.86. The maximum atomic E-state index is 14.1. The number of rotatable bonds is 24. The van der Waals surface area contributed by atoms with E-state index in [0.717, 1.165) is 12.1 Å². The smallest absolute Gasteiger partial charge is 0.311 e. The summed E-state index contributed by atoms with van der Waals surface area (Å²) in [6.07, 6.45) is 11.5. The van der Waals surface area contributed by atoms with E-state index in [4.69, 9.17) is 4.74 Å². The van der Waals surface area contributed by atoms with Crippen molar-refractivity contribution in [2.24, 2.45) is 0 Å². The summed E-state index contributed by atoms with van der Waals surface area (Å²) in [5.41, 5.74) is 0.472. The highest BCUT2D eigenvalue weighted by atomic mass is 32.2. The number of esters is 1. The van der Waals surface area contributed by atoms with Crippen molar-refractivity contribution in [3.05, 3.63) is 125 Å². The van der Waals surface area contributed by atoms with Crippen molar-refractivity contribution in [1.82, 2.24) is 0 Å². The van der Waals surface area contributed by atoms with Crippen LogP contribution in [0.4, 0.5) is 28.9 Å². The van der Waals surface area contributed by atoms with Gasteiger partial charge in [0.15, 0.2) is 17.3 Å².